The van der Waals surface area contributed by atoms with Crippen molar-refractivity contribution in [2.24, 2.45) is 5.41 Å². The Morgan fingerprint density at radius 3 is 2.30 bits per heavy atom. The van der Waals surface area contributed by atoms with Crippen molar-refractivity contribution in [3.8, 4) is 5.75 Å². The van der Waals surface area contributed by atoms with Crippen LogP contribution in [0.15, 0.2) is 18.2 Å². The van der Waals surface area contributed by atoms with Gasteiger partial charge in [0, 0.05) is 13.2 Å². The fraction of sp³-hybridized carbons (Fsp3) is 0.647. The molecule has 1 rings (SSSR count). The quantitative estimate of drug-likeness (QED) is 0.867. The van der Waals surface area contributed by atoms with Crippen LogP contribution >= 0.6 is 0 Å². The normalized spacial score (nSPS) is 14.9. The first-order valence-electron chi connectivity index (χ1n) is 7.17. The standard InChI is InChI=1S/C17H29NO2/c1-12-8-9-15(19-6)13(10-12)11-14(18-5)16(20-7)17(2,3)4/h8-10,14,16,18H,11H2,1-7H3. The Balaban J connectivity index is 3.01. The highest BCUT2D eigenvalue weighted by atomic mass is 16.5. The highest BCUT2D eigenvalue weighted by Crippen LogP contribution is 2.28. The summed E-state index contributed by atoms with van der Waals surface area (Å²) in [7, 11) is 5.50. The minimum absolute atomic E-state index is 0.0828. The van der Waals surface area contributed by atoms with Crippen molar-refractivity contribution in [1.29, 1.82) is 0 Å². The first kappa shape index (κ1) is 17.0. The molecule has 0 aliphatic rings. The number of likely N-dealkylation sites (N-methyl/N-ethyl adjacent to an activating group) is 1. The maximum Gasteiger partial charge on any atom is 0.122 e. The third-order valence-corrected chi connectivity index (χ3v) is 3.72. The van der Waals surface area contributed by atoms with Gasteiger partial charge in [-0.05, 0) is 37.4 Å². The first-order valence-corrected chi connectivity index (χ1v) is 7.17. The summed E-state index contributed by atoms with van der Waals surface area (Å²) >= 11 is 0. The molecule has 1 aromatic carbocycles. The Bertz CT molecular complexity index is 423. The lowest BCUT2D eigenvalue weighted by molar-refractivity contribution is -0.00931. The third kappa shape index (κ3) is 4.22. The molecule has 0 amide bonds. The molecular weight excluding hydrogens is 250 g/mol. The maximum atomic E-state index is 5.74. The van der Waals surface area contributed by atoms with Crippen molar-refractivity contribution in [3.63, 3.8) is 0 Å². The summed E-state index contributed by atoms with van der Waals surface area (Å²) in [6.07, 6.45) is 1.02. The SMILES string of the molecule is CNC(Cc1cc(C)ccc1OC)C(OC)C(C)(C)C. The Labute approximate surface area is 123 Å². The Hall–Kier alpha value is -1.06. The molecule has 0 fully saturated rings. The molecule has 3 nitrogen and oxygen atoms in total. The van der Waals surface area contributed by atoms with Gasteiger partial charge in [0.05, 0.1) is 13.2 Å². The van der Waals surface area contributed by atoms with E-state index in [4.69, 9.17) is 9.47 Å². The molecule has 0 aromatic heterocycles. The monoisotopic (exact) mass is 279 g/mol. The summed E-state index contributed by atoms with van der Waals surface area (Å²) in [6, 6.07) is 6.55. The number of ether oxygens (including phenoxy) is 2. The zero-order valence-electron chi connectivity index (χ0n) is 13.9. The van der Waals surface area contributed by atoms with E-state index in [-0.39, 0.29) is 17.6 Å². The summed E-state index contributed by atoms with van der Waals surface area (Å²) in [6.45, 7) is 8.73. The fourth-order valence-electron chi connectivity index (χ4n) is 2.79. The van der Waals surface area contributed by atoms with Gasteiger partial charge in [0.2, 0.25) is 0 Å². The predicted molar refractivity (Wildman–Crippen MR) is 84.5 cm³/mol. The second kappa shape index (κ2) is 7.09. The molecule has 0 aliphatic carbocycles. The highest BCUT2D eigenvalue weighted by Gasteiger charge is 2.32. The number of benzene rings is 1. The Kier molecular flexibility index (Phi) is 6.03. The van der Waals surface area contributed by atoms with Gasteiger partial charge in [-0.3, -0.25) is 0 Å². The van der Waals surface area contributed by atoms with Gasteiger partial charge in [-0.15, -0.1) is 0 Å². The van der Waals surface area contributed by atoms with E-state index >= 15 is 0 Å². The van der Waals surface area contributed by atoms with Gasteiger partial charge in [-0.1, -0.05) is 38.5 Å². The van der Waals surface area contributed by atoms with Crippen molar-refractivity contribution in [3.05, 3.63) is 29.3 Å². The second-order valence-corrected chi connectivity index (χ2v) is 6.44. The molecule has 1 N–H and O–H groups in total. The summed E-state index contributed by atoms with van der Waals surface area (Å²) in [4.78, 5) is 0. The molecule has 0 radical (unpaired) electrons. The van der Waals surface area contributed by atoms with Crippen LogP contribution in [0.25, 0.3) is 0 Å². The lowest BCUT2D eigenvalue weighted by Gasteiger charge is -2.36. The topological polar surface area (TPSA) is 30.5 Å². The molecule has 0 aliphatic heterocycles. The minimum atomic E-state index is 0.0828. The van der Waals surface area contributed by atoms with E-state index in [2.05, 4.69) is 45.1 Å². The van der Waals surface area contributed by atoms with Crippen LogP contribution in [0, 0.1) is 12.3 Å². The molecule has 1 aromatic rings. The predicted octanol–water partition coefficient (Wildman–Crippen LogP) is 3.20. The van der Waals surface area contributed by atoms with E-state index < -0.39 is 0 Å². The van der Waals surface area contributed by atoms with Crippen LogP contribution in [-0.2, 0) is 11.2 Å². The molecule has 0 saturated heterocycles. The van der Waals surface area contributed by atoms with E-state index in [0.29, 0.717) is 0 Å². The molecule has 2 unspecified atom stereocenters. The fourth-order valence-corrected chi connectivity index (χ4v) is 2.79. The summed E-state index contributed by atoms with van der Waals surface area (Å²) in [5, 5.41) is 3.40. The third-order valence-electron chi connectivity index (χ3n) is 3.72. The van der Waals surface area contributed by atoms with Crippen LogP contribution in [0.1, 0.15) is 31.9 Å². The zero-order chi connectivity index (χ0) is 15.3. The van der Waals surface area contributed by atoms with Crippen molar-refractivity contribution >= 4 is 0 Å². The molecule has 2 atom stereocenters. The van der Waals surface area contributed by atoms with Gasteiger partial charge in [-0.2, -0.15) is 0 Å². The van der Waals surface area contributed by atoms with Gasteiger partial charge in [0.1, 0.15) is 5.75 Å². The molecular formula is C17H29NO2. The van der Waals surface area contributed by atoms with Gasteiger partial charge < -0.3 is 14.8 Å². The van der Waals surface area contributed by atoms with Gasteiger partial charge in [-0.25, -0.2) is 0 Å². The van der Waals surface area contributed by atoms with E-state index in [0.717, 1.165) is 12.2 Å². The Morgan fingerprint density at radius 1 is 1.20 bits per heavy atom. The van der Waals surface area contributed by atoms with E-state index in [9.17, 15) is 0 Å². The van der Waals surface area contributed by atoms with Gasteiger partial charge in [0.15, 0.2) is 0 Å². The highest BCUT2D eigenvalue weighted by molar-refractivity contribution is 5.37. The zero-order valence-corrected chi connectivity index (χ0v) is 13.9. The minimum Gasteiger partial charge on any atom is -0.496 e. The van der Waals surface area contributed by atoms with Gasteiger partial charge >= 0.3 is 0 Å². The molecule has 0 spiro atoms. The lowest BCUT2D eigenvalue weighted by Crippen LogP contribution is -2.47. The van der Waals surface area contributed by atoms with Crippen LogP contribution in [0.2, 0.25) is 0 Å². The van der Waals surface area contributed by atoms with Crippen molar-refractivity contribution in [2.75, 3.05) is 21.3 Å². The largest absolute Gasteiger partial charge is 0.496 e. The van der Waals surface area contributed by atoms with E-state index in [1.54, 1.807) is 14.2 Å². The number of aryl methyl sites for hydroxylation is 1. The second-order valence-electron chi connectivity index (χ2n) is 6.44. The van der Waals surface area contributed by atoms with Gasteiger partial charge in [0.25, 0.3) is 0 Å². The summed E-state index contributed by atoms with van der Waals surface area (Å²) < 4.78 is 11.2. The number of nitrogens with one attached hydrogen (secondary N) is 1. The Morgan fingerprint density at radius 2 is 1.85 bits per heavy atom. The van der Waals surface area contributed by atoms with Crippen LogP contribution in [0.5, 0.6) is 5.75 Å². The number of hydrogen-bond donors (Lipinski definition) is 1. The van der Waals surface area contributed by atoms with Crippen molar-refractivity contribution < 1.29 is 9.47 Å². The molecule has 0 bridgehead atoms. The average molecular weight is 279 g/mol. The molecule has 0 saturated carbocycles. The number of hydrogen-bond acceptors (Lipinski definition) is 3. The van der Waals surface area contributed by atoms with Crippen LogP contribution in [0.4, 0.5) is 0 Å². The smallest absolute Gasteiger partial charge is 0.122 e. The number of rotatable bonds is 6. The van der Waals surface area contributed by atoms with E-state index in [1.807, 2.05) is 13.1 Å². The molecule has 114 valence electrons. The summed E-state index contributed by atoms with van der Waals surface area (Å²) in [5.74, 6) is 0.944. The van der Waals surface area contributed by atoms with Crippen LogP contribution < -0.4 is 10.1 Å². The lowest BCUT2D eigenvalue weighted by atomic mass is 9.82. The summed E-state index contributed by atoms with van der Waals surface area (Å²) in [5.41, 5.74) is 2.55. The number of methoxy groups -OCH3 is 2. The molecule has 3 heteroatoms. The van der Waals surface area contributed by atoms with Crippen molar-refractivity contribution in [1.82, 2.24) is 5.32 Å². The van der Waals surface area contributed by atoms with Crippen molar-refractivity contribution in [2.45, 2.75) is 46.3 Å². The maximum absolute atomic E-state index is 5.74. The first-order chi connectivity index (χ1) is 9.33. The molecule has 0 heterocycles. The van der Waals surface area contributed by atoms with E-state index in [1.165, 1.54) is 11.1 Å². The van der Waals surface area contributed by atoms with Crippen LogP contribution in [-0.4, -0.2) is 33.4 Å². The van der Waals surface area contributed by atoms with Crippen LogP contribution in [0.3, 0.4) is 0 Å². The average Bonchev–Trinajstić information content (AvgIpc) is 2.37. The molecule has 20 heavy (non-hydrogen) atoms.